The fraction of sp³-hybridized carbons (Fsp3) is 0.222. The largest absolute Gasteiger partial charge is 0.493 e. The van der Waals surface area contributed by atoms with Gasteiger partial charge < -0.3 is 14.3 Å². The van der Waals surface area contributed by atoms with Crippen molar-refractivity contribution in [1.29, 1.82) is 0 Å². The van der Waals surface area contributed by atoms with E-state index < -0.39 is 0 Å². The van der Waals surface area contributed by atoms with E-state index in [0.717, 1.165) is 0 Å². The predicted octanol–water partition coefficient (Wildman–Crippen LogP) is 1.70. The molecule has 1 rings (SSSR count). The molecule has 70 valence electrons. The summed E-state index contributed by atoms with van der Waals surface area (Å²) in [7, 11) is 3.13. The standard InChI is InChI=1S/C9H11NO3/c1-10-13-7-4-5-8(11-2)9(6-7)12-3/h4-6H,1H2,2-3H3. The molecule has 13 heavy (non-hydrogen) atoms. The molecule has 0 aromatic heterocycles. The van der Waals surface area contributed by atoms with Crippen molar-refractivity contribution in [2.75, 3.05) is 14.2 Å². The highest BCUT2D eigenvalue weighted by Crippen LogP contribution is 2.30. The molecule has 0 aliphatic rings. The summed E-state index contributed by atoms with van der Waals surface area (Å²) in [6, 6.07) is 5.13. The van der Waals surface area contributed by atoms with Crippen LogP contribution in [-0.2, 0) is 0 Å². The number of oxime groups is 1. The van der Waals surface area contributed by atoms with E-state index in [1.807, 2.05) is 0 Å². The molecule has 1 aromatic carbocycles. The number of methoxy groups -OCH3 is 2. The van der Waals surface area contributed by atoms with E-state index in [0.29, 0.717) is 17.2 Å². The first-order chi connectivity index (χ1) is 6.31. The Morgan fingerprint density at radius 3 is 2.38 bits per heavy atom. The summed E-state index contributed by atoms with van der Waals surface area (Å²) >= 11 is 0. The maximum Gasteiger partial charge on any atom is 0.164 e. The normalized spacial score (nSPS) is 9.08. The van der Waals surface area contributed by atoms with Crippen molar-refractivity contribution in [3.05, 3.63) is 18.2 Å². The van der Waals surface area contributed by atoms with E-state index >= 15 is 0 Å². The maximum atomic E-state index is 5.06. The first-order valence-electron chi connectivity index (χ1n) is 3.67. The fourth-order valence-electron chi connectivity index (χ4n) is 0.948. The van der Waals surface area contributed by atoms with Crippen molar-refractivity contribution < 1.29 is 14.3 Å². The van der Waals surface area contributed by atoms with Crippen molar-refractivity contribution in [3.63, 3.8) is 0 Å². The molecule has 0 heterocycles. The van der Waals surface area contributed by atoms with Gasteiger partial charge in [0.15, 0.2) is 17.2 Å². The Balaban J connectivity index is 2.98. The zero-order valence-corrected chi connectivity index (χ0v) is 7.61. The lowest BCUT2D eigenvalue weighted by atomic mass is 10.3. The predicted molar refractivity (Wildman–Crippen MR) is 49.7 cm³/mol. The molecule has 0 radical (unpaired) electrons. The first kappa shape index (κ1) is 9.38. The highest BCUT2D eigenvalue weighted by Gasteiger charge is 2.04. The summed E-state index contributed by atoms with van der Waals surface area (Å²) in [6.07, 6.45) is 0. The lowest BCUT2D eigenvalue weighted by molar-refractivity contribution is 0.330. The lowest BCUT2D eigenvalue weighted by Crippen LogP contribution is -1.91. The summed E-state index contributed by atoms with van der Waals surface area (Å²) in [5, 5.41) is 3.29. The van der Waals surface area contributed by atoms with E-state index in [1.54, 1.807) is 32.4 Å². The van der Waals surface area contributed by atoms with Crippen molar-refractivity contribution >= 4 is 6.72 Å². The zero-order chi connectivity index (χ0) is 9.68. The second-order valence-corrected chi connectivity index (χ2v) is 2.24. The van der Waals surface area contributed by atoms with Crippen LogP contribution < -0.4 is 14.3 Å². The Kier molecular flexibility index (Phi) is 3.14. The molecule has 0 saturated carbocycles. The Labute approximate surface area is 76.7 Å². The van der Waals surface area contributed by atoms with Crippen molar-refractivity contribution in [2.24, 2.45) is 5.16 Å². The fourth-order valence-corrected chi connectivity index (χ4v) is 0.948. The minimum Gasteiger partial charge on any atom is -0.493 e. The van der Waals surface area contributed by atoms with Gasteiger partial charge in [-0.3, -0.25) is 0 Å². The molecule has 0 aliphatic heterocycles. The van der Waals surface area contributed by atoms with Crippen LogP contribution in [0.1, 0.15) is 0 Å². The van der Waals surface area contributed by atoms with E-state index in [2.05, 4.69) is 11.9 Å². The lowest BCUT2D eigenvalue weighted by Gasteiger charge is -2.07. The Morgan fingerprint density at radius 2 is 1.85 bits per heavy atom. The molecule has 0 fully saturated rings. The van der Waals surface area contributed by atoms with Gasteiger partial charge in [0.05, 0.1) is 14.2 Å². The summed E-state index contributed by atoms with van der Waals surface area (Å²) in [5.41, 5.74) is 0. The molecule has 0 aliphatic carbocycles. The van der Waals surface area contributed by atoms with Crippen molar-refractivity contribution in [1.82, 2.24) is 0 Å². The third-order valence-electron chi connectivity index (χ3n) is 1.52. The summed E-state index contributed by atoms with van der Waals surface area (Å²) < 4.78 is 10.1. The van der Waals surface area contributed by atoms with Crippen LogP contribution in [-0.4, -0.2) is 20.9 Å². The third-order valence-corrected chi connectivity index (χ3v) is 1.52. The van der Waals surface area contributed by atoms with Gasteiger partial charge in [-0.1, -0.05) is 5.16 Å². The van der Waals surface area contributed by atoms with E-state index in [9.17, 15) is 0 Å². The van der Waals surface area contributed by atoms with E-state index in [4.69, 9.17) is 14.3 Å². The molecule has 0 bridgehead atoms. The Hall–Kier alpha value is -1.71. The van der Waals surface area contributed by atoms with Crippen LogP contribution in [0.25, 0.3) is 0 Å². The zero-order valence-electron chi connectivity index (χ0n) is 7.61. The summed E-state index contributed by atoms with van der Waals surface area (Å²) in [4.78, 5) is 4.83. The van der Waals surface area contributed by atoms with E-state index in [1.165, 1.54) is 0 Å². The quantitative estimate of drug-likeness (QED) is 0.524. The molecular formula is C9H11NO3. The molecule has 0 N–H and O–H groups in total. The Morgan fingerprint density at radius 1 is 1.15 bits per heavy atom. The van der Waals surface area contributed by atoms with Gasteiger partial charge in [-0.2, -0.15) is 0 Å². The van der Waals surface area contributed by atoms with Gasteiger partial charge in [-0.05, 0) is 12.1 Å². The molecule has 0 amide bonds. The number of benzene rings is 1. The van der Waals surface area contributed by atoms with Crippen LogP contribution in [0.5, 0.6) is 17.2 Å². The maximum absolute atomic E-state index is 5.06. The van der Waals surface area contributed by atoms with Crippen LogP contribution in [0.2, 0.25) is 0 Å². The van der Waals surface area contributed by atoms with Gasteiger partial charge in [0.2, 0.25) is 0 Å². The SMILES string of the molecule is C=NOc1ccc(OC)c(OC)c1. The smallest absolute Gasteiger partial charge is 0.164 e. The van der Waals surface area contributed by atoms with Crippen molar-refractivity contribution in [2.45, 2.75) is 0 Å². The Bertz CT molecular complexity index is 299. The number of hydrogen-bond acceptors (Lipinski definition) is 4. The molecule has 0 atom stereocenters. The highest BCUT2D eigenvalue weighted by molar-refractivity contribution is 5.45. The topological polar surface area (TPSA) is 40.0 Å². The average molecular weight is 181 g/mol. The molecule has 1 aromatic rings. The third kappa shape index (κ3) is 2.11. The number of nitrogens with zero attached hydrogens (tertiary/aromatic N) is 1. The number of hydrogen-bond donors (Lipinski definition) is 0. The van der Waals surface area contributed by atoms with Crippen LogP contribution in [0.15, 0.2) is 23.4 Å². The van der Waals surface area contributed by atoms with Crippen LogP contribution in [0.4, 0.5) is 0 Å². The molecule has 0 spiro atoms. The average Bonchev–Trinajstić information content (AvgIpc) is 2.18. The molecular weight excluding hydrogens is 170 g/mol. The minimum atomic E-state index is 0.563. The molecule has 0 saturated heterocycles. The highest BCUT2D eigenvalue weighted by atomic mass is 16.6. The second-order valence-electron chi connectivity index (χ2n) is 2.24. The van der Waals surface area contributed by atoms with Gasteiger partial charge >= 0.3 is 0 Å². The van der Waals surface area contributed by atoms with Crippen LogP contribution >= 0.6 is 0 Å². The van der Waals surface area contributed by atoms with Gasteiger partial charge in [0.25, 0.3) is 0 Å². The monoisotopic (exact) mass is 181 g/mol. The van der Waals surface area contributed by atoms with Gasteiger partial charge in [-0.15, -0.1) is 0 Å². The van der Waals surface area contributed by atoms with Crippen LogP contribution in [0, 0.1) is 0 Å². The number of rotatable bonds is 4. The minimum absolute atomic E-state index is 0.563. The molecule has 0 unspecified atom stereocenters. The van der Waals surface area contributed by atoms with Crippen molar-refractivity contribution in [3.8, 4) is 17.2 Å². The van der Waals surface area contributed by atoms with Crippen LogP contribution in [0.3, 0.4) is 0 Å². The second kappa shape index (κ2) is 4.35. The molecule has 4 heteroatoms. The van der Waals surface area contributed by atoms with Gasteiger partial charge in [0, 0.05) is 12.8 Å². The first-order valence-corrected chi connectivity index (χ1v) is 3.67. The molecule has 4 nitrogen and oxygen atoms in total. The van der Waals surface area contributed by atoms with Gasteiger partial charge in [-0.25, -0.2) is 0 Å². The summed E-state index contributed by atoms with van der Waals surface area (Å²) in [5.74, 6) is 1.82. The van der Waals surface area contributed by atoms with E-state index in [-0.39, 0.29) is 0 Å². The number of ether oxygens (including phenoxy) is 2. The summed E-state index contributed by atoms with van der Waals surface area (Å²) in [6.45, 7) is 3.21. The van der Waals surface area contributed by atoms with Gasteiger partial charge in [0.1, 0.15) is 0 Å².